The van der Waals surface area contributed by atoms with E-state index >= 15 is 0 Å². The molecule has 9 heavy (non-hydrogen) atoms. The summed E-state index contributed by atoms with van der Waals surface area (Å²) in [5.74, 6) is -1.27. The van der Waals surface area contributed by atoms with E-state index in [2.05, 4.69) is 0 Å². The highest BCUT2D eigenvalue weighted by Gasteiger charge is 2.14. The molecule has 3 N–H and O–H groups in total. The standard InChI is InChI=1S/C5H11NO2.ClH/c1-3(4(2)6)5(7)8;/h3-4H,6H2,1-2H3,(H,7,8);1H. The molecule has 0 radical (unpaired) electrons. The van der Waals surface area contributed by atoms with E-state index in [0.717, 1.165) is 0 Å². The molecule has 0 aliphatic heterocycles. The maximum Gasteiger partial charge on any atom is 0.307 e. The molecule has 56 valence electrons. The third-order valence-electron chi connectivity index (χ3n) is 1.18. The number of aliphatic carboxylic acids is 1. The van der Waals surface area contributed by atoms with Gasteiger partial charge in [0.1, 0.15) is 0 Å². The summed E-state index contributed by atoms with van der Waals surface area (Å²) in [6.45, 7) is 3.27. The number of halogens is 1. The third-order valence-corrected chi connectivity index (χ3v) is 1.18. The Balaban J connectivity index is 0. The summed E-state index contributed by atoms with van der Waals surface area (Å²) in [7, 11) is 0. The van der Waals surface area contributed by atoms with Crippen LogP contribution in [-0.2, 0) is 4.79 Å². The normalized spacial score (nSPS) is 15.4. The van der Waals surface area contributed by atoms with E-state index in [0.29, 0.717) is 0 Å². The van der Waals surface area contributed by atoms with Crippen LogP contribution < -0.4 is 5.73 Å². The lowest BCUT2D eigenvalue weighted by Gasteiger charge is -2.07. The second-order valence-corrected chi connectivity index (χ2v) is 1.99. The molecule has 0 saturated carbocycles. The maximum absolute atomic E-state index is 10.1. The minimum atomic E-state index is -0.833. The molecule has 0 aromatic rings. The summed E-state index contributed by atoms with van der Waals surface area (Å²) in [6.07, 6.45) is 0. The van der Waals surface area contributed by atoms with E-state index in [4.69, 9.17) is 10.8 Å². The molecule has 0 aliphatic rings. The molecular formula is C5H12ClNO2. The number of hydrogen-bond donors (Lipinski definition) is 2. The molecule has 2 unspecified atom stereocenters. The van der Waals surface area contributed by atoms with Crippen molar-refractivity contribution in [2.24, 2.45) is 11.7 Å². The third kappa shape index (κ3) is 4.24. The largest absolute Gasteiger partial charge is 0.481 e. The molecule has 2 atom stereocenters. The van der Waals surface area contributed by atoms with E-state index < -0.39 is 11.9 Å². The van der Waals surface area contributed by atoms with Gasteiger partial charge in [-0.3, -0.25) is 4.79 Å². The van der Waals surface area contributed by atoms with E-state index in [1.165, 1.54) is 0 Å². The number of carboxylic acid groups (broad SMARTS) is 1. The Labute approximate surface area is 60.6 Å². The summed E-state index contributed by atoms with van der Waals surface area (Å²) in [5.41, 5.74) is 5.26. The van der Waals surface area contributed by atoms with Crippen molar-refractivity contribution in [3.63, 3.8) is 0 Å². The van der Waals surface area contributed by atoms with Gasteiger partial charge < -0.3 is 10.8 Å². The van der Waals surface area contributed by atoms with E-state index in [9.17, 15) is 4.79 Å². The predicted molar refractivity (Wildman–Crippen MR) is 37.7 cm³/mol. The van der Waals surface area contributed by atoms with Crippen molar-refractivity contribution in [1.29, 1.82) is 0 Å². The summed E-state index contributed by atoms with van der Waals surface area (Å²) in [6, 6.07) is -0.257. The van der Waals surface area contributed by atoms with Crippen molar-refractivity contribution in [3.05, 3.63) is 0 Å². The van der Waals surface area contributed by atoms with E-state index in [1.807, 2.05) is 0 Å². The molecule has 0 aromatic carbocycles. The smallest absolute Gasteiger partial charge is 0.307 e. The van der Waals surface area contributed by atoms with Crippen molar-refractivity contribution in [1.82, 2.24) is 0 Å². The van der Waals surface area contributed by atoms with Gasteiger partial charge in [0.25, 0.3) is 0 Å². The van der Waals surface area contributed by atoms with Crippen LogP contribution in [0.3, 0.4) is 0 Å². The Kier molecular flexibility index (Phi) is 5.86. The summed E-state index contributed by atoms with van der Waals surface area (Å²) in [5, 5.41) is 8.27. The fourth-order valence-corrected chi connectivity index (χ4v) is 0.225. The fraction of sp³-hybridized carbons (Fsp3) is 0.800. The van der Waals surface area contributed by atoms with E-state index in [1.54, 1.807) is 13.8 Å². The van der Waals surface area contributed by atoms with Crippen LogP contribution in [0.15, 0.2) is 0 Å². The molecule has 0 rings (SSSR count). The minimum Gasteiger partial charge on any atom is -0.481 e. The van der Waals surface area contributed by atoms with Gasteiger partial charge in [-0.25, -0.2) is 0 Å². The average Bonchev–Trinajstić information content (AvgIpc) is 1.64. The predicted octanol–water partition coefficient (Wildman–Crippen LogP) is 0.476. The van der Waals surface area contributed by atoms with Crippen LogP contribution in [0.2, 0.25) is 0 Å². The molecule has 0 heterocycles. The quantitative estimate of drug-likeness (QED) is 0.607. The van der Waals surface area contributed by atoms with Crippen LogP contribution in [0.25, 0.3) is 0 Å². The second-order valence-electron chi connectivity index (χ2n) is 1.99. The van der Waals surface area contributed by atoms with Gasteiger partial charge in [0.2, 0.25) is 0 Å². The first-order valence-corrected chi connectivity index (χ1v) is 2.54. The Morgan fingerprint density at radius 1 is 1.56 bits per heavy atom. The van der Waals surface area contributed by atoms with Crippen LogP contribution in [0, 0.1) is 5.92 Å². The average molecular weight is 154 g/mol. The topological polar surface area (TPSA) is 63.3 Å². The highest BCUT2D eigenvalue weighted by Crippen LogP contribution is 1.97. The number of hydrogen-bond acceptors (Lipinski definition) is 2. The maximum atomic E-state index is 10.1. The lowest BCUT2D eigenvalue weighted by atomic mass is 10.1. The minimum absolute atomic E-state index is 0. The molecule has 0 saturated heterocycles. The highest BCUT2D eigenvalue weighted by molar-refractivity contribution is 5.85. The van der Waals surface area contributed by atoms with Gasteiger partial charge in [-0.15, -0.1) is 12.4 Å². The van der Waals surface area contributed by atoms with Gasteiger partial charge in [-0.05, 0) is 6.92 Å². The van der Waals surface area contributed by atoms with Crippen LogP contribution in [-0.4, -0.2) is 17.1 Å². The molecular weight excluding hydrogens is 142 g/mol. The van der Waals surface area contributed by atoms with E-state index in [-0.39, 0.29) is 18.4 Å². The molecule has 0 spiro atoms. The second kappa shape index (κ2) is 4.58. The van der Waals surface area contributed by atoms with Gasteiger partial charge in [0.15, 0.2) is 0 Å². The number of rotatable bonds is 2. The molecule has 3 nitrogen and oxygen atoms in total. The molecule has 0 aliphatic carbocycles. The van der Waals surface area contributed by atoms with Crippen molar-refractivity contribution < 1.29 is 9.90 Å². The van der Waals surface area contributed by atoms with Gasteiger partial charge in [-0.2, -0.15) is 0 Å². The van der Waals surface area contributed by atoms with Crippen LogP contribution in [0.5, 0.6) is 0 Å². The van der Waals surface area contributed by atoms with Gasteiger partial charge in [-0.1, -0.05) is 6.92 Å². The first-order valence-electron chi connectivity index (χ1n) is 2.54. The SMILES string of the molecule is CC(N)C(C)C(=O)O.Cl. The number of nitrogens with two attached hydrogens (primary N) is 1. The molecule has 0 aromatic heterocycles. The lowest BCUT2D eigenvalue weighted by Crippen LogP contribution is -2.30. The van der Waals surface area contributed by atoms with Gasteiger partial charge >= 0.3 is 5.97 Å². The van der Waals surface area contributed by atoms with Crippen LogP contribution in [0.1, 0.15) is 13.8 Å². The zero-order valence-electron chi connectivity index (χ0n) is 5.50. The summed E-state index contributed by atoms with van der Waals surface area (Å²) in [4.78, 5) is 10.1. The zero-order chi connectivity index (χ0) is 6.73. The molecule has 0 bridgehead atoms. The first-order chi connectivity index (χ1) is 3.55. The van der Waals surface area contributed by atoms with Crippen molar-refractivity contribution in [2.45, 2.75) is 19.9 Å². The summed E-state index contributed by atoms with van der Waals surface area (Å²) >= 11 is 0. The fourth-order valence-electron chi connectivity index (χ4n) is 0.225. The zero-order valence-corrected chi connectivity index (χ0v) is 6.31. The van der Waals surface area contributed by atoms with Gasteiger partial charge in [0.05, 0.1) is 5.92 Å². The Morgan fingerprint density at radius 3 is 1.89 bits per heavy atom. The van der Waals surface area contributed by atoms with Gasteiger partial charge in [0, 0.05) is 6.04 Å². The van der Waals surface area contributed by atoms with Crippen LogP contribution >= 0.6 is 12.4 Å². The summed E-state index contributed by atoms with van der Waals surface area (Å²) < 4.78 is 0. The van der Waals surface area contributed by atoms with Crippen molar-refractivity contribution in [3.8, 4) is 0 Å². The Hall–Kier alpha value is -0.280. The van der Waals surface area contributed by atoms with Crippen LogP contribution in [0.4, 0.5) is 0 Å². The van der Waals surface area contributed by atoms with Crippen molar-refractivity contribution in [2.75, 3.05) is 0 Å². The molecule has 0 amide bonds. The molecule has 4 heteroatoms. The lowest BCUT2D eigenvalue weighted by molar-refractivity contribution is -0.141. The number of carbonyl (C=O) groups is 1. The number of carboxylic acids is 1. The molecule has 0 fully saturated rings. The Morgan fingerprint density at radius 2 is 1.89 bits per heavy atom. The first kappa shape index (κ1) is 11.5. The van der Waals surface area contributed by atoms with Crippen molar-refractivity contribution >= 4 is 18.4 Å². The Bertz CT molecular complexity index is 95.0. The highest BCUT2D eigenvalue weighted by atomic mass is 35.5. The monoisotopic (exact) mass is 153 g/mol.